The average Bonchev–Trinajstić information content (AvgIpc) is 2.31. The molecule has 0 aliphatic carbocycles. The highest BCUT2D eigenvalue weighted by atomic mass is 31.2. The van der Waals surface area contributed by atoms with Crippen molar-refractivity contribution in [3.05, 3.63) is 29.8 Å². The van der Waals surface area contributed by atoms with Crippen molar-refractivity contribution < 1.29 is 4.52 Å². The molecule has 1 unspecified atom stereocenters. The SMILES string of the molecule is CC(C)c1ccc(OP2N=PN=PN2)cc1. The van der Waals surface area contributed by atoms with Gasteiger partial charge in [-0.2, -0.15) is 13.9 Å². The summed E-state index contributed by atoms with van der Waals surface area (Å²) in [5.74, 6) is 1.41. The van der Waals surface area contributed by atoms with Crippen molar-refractivity contribution in [1.29, 1.82) is 0 Å². The van der Waals surface area contributed by atoms with Crippen LogP contribution in [0.15, 0.2) is 33.3 Å². The fraction of sp³-hybridized carbons (Fsp3) is 0.333. The van der Waals surface area contributed by atoms with Crippen LogP contribution in [-0.2, 0) is 0 Å². The molecule has 1 heterocycles. The smallest absolute Gasteiger partial charge is 0.311 e. The van der Waals surface area contributed by atoms with Gasteiger partial charge in [0.2, 0.25) is 0 Å². The molecule has 1 aromatic rings. The van der Waals surface area contributed by atoms with E-state index in [0.717, 1.165) is 22.8 Å². The van der Waals surface area contributed by atoms with Gasteiger partial charge < -0.3 is 4.52 Å². The van der Waals surface area contributed by atoms with Crippen LogP contribution in [0.2, 0.25) is 0 Å². The van der Waals surface area contributed by atoms with Gasteiger partial charge in [0, 0.05) is 0 Å². The number of hydrogen-bond acceptors (Lipinski definition) is 4. The molecule has 0 aromatic heterocycles. The predicted octanol–water partition coefficient (Wildman–Crippen LogP) is 5.11. The minimum absolute atomic E-state index is 0.549. The number of benzene rings is 1. The van der Waals surface area contributed by atoms with Crippen molar-refractivity contribution in [3.8, 4) is 5.75 Å². The summed E-state index contributed by atoms with van der Waals surface area (Å²) < 4.78 is 13.9. The molecule has 16 heavy (non-hydrogen) atoms. The molecule has 4 nitrogen and oxygen atoms in total. The second kappa shape index (κ2) is 5.80. The molecule has 0 fully saturated rings. The van der Waals surface area contributed by atoms with Crippen LogP contribution in [-0.4, -0.2) is 0 Å². The van der Waals surface area contributed by atoms with Crippen molar-refractivity contribution in [1.82, 2.24) is 4.86 Å². The zero-order valence-corrected chi connectivity index (χ0v) is 11.7. The van der Waals surface area contributed by atoms with Crippen LogP contribution < -0.4 is 9.38 Å². The molecule has 0 radical (unpaired) electrons. The number of hydrogen-bond donors (Lipinski definition) is 1. The minimum atomic E-state index is -0.916. The quantitative estimate of drug-likeness (QED) is 0.776. The van der Waals surface area contributed by atoms with Crippen LogP contribution >= 0.6 is 25.5 Å². The van der Waals surface area contributed by atoms with Gasteiger partial charge in [-0.15, -0.1) is 0 Å². The van der Waals surface area contributed by atoms with Crippen molar-refractivity contribution in [2.24, 2.45) is 9.03 Å². The van der Waals surface area contributed by atoms with E-state index in [9.17, 15) is 0 Å². The highest BCUT2D eigenvalue weighted by Gasteiger charge is 2.11. The van der Waals surface area contributed by atoms with Gasteiger partial charge in [0.05, 0.1) is 0 Å². The standard InChI is InChI=1S/C9H12N3OP3/c1-7(2)8-3-5-9(6-4-8)13-16-11-14-10-15-12-16/h3-7H,1-2H3,(H,10,11,12). The predicted molar refractivity (Wildman–Crippen MR) is 69.9 cm³/mol. The average molecular weight is 271 g/mol. The number of nitrogens with zero attached hydrogens (tertiary/aromatic N) is 2. The molecular formula is C9H12N3OP3. The summed E-state index contributed by atoms with van der Waals surface area (Å²) in [6, 6.07) is 8.18. The van der Waals surface area contributed by atoms with E-state index in [2.05, 4.69) is 39.9 Å². The lowest BCUT2D eigenvalue weighted by molar-refractivity contribution is 0.611. The third kappa shape index (κ3) is 3.30. The van der Waals surface area contributed by atoms with Gasteiger partial charge in [0.15, 0.2) is 8.52 Å². The largest absolute Gasteiger partial charge is 0.439 e. The fourth-order valence-electron chi connectivity index (χ4n) is 1.20. The Labute approximate surface area is 99.6 Å². The van der Waals surface area contributed by atoms with Crippen LogP contribution in [0.5, 0.6) is 5.75 Å². The topological polar surface area (TPSA) is 46.0 Å². The molecular weight excluding hydrogens is 259 g/mol. The Morgan fingerprint density at radius 2 is 2.06 bits per heavy atom. The molecule has 1 atom stereocenters. The van der Waals surface area contributed by atoms with Crippen LogP contribution in [0.1, 0.15) is 25.3 Å². The molecule has 1 N–H and O–H groups in total. The van der Waals surface area contributed by atoms with E-state index in [0.29, 0.717) is 5.92 Å². The molecule has 0 saturated heterocycles. The molecule has 0 bridgehead atoms. The molecule has 7 heteroatoms. The molecule has 0 spiro atoms. The third-order valence-corrected chi connectivity index (χ3v) is 5.15. The maximum Gasteiger partial charge on any atom is 0.311 e. The molecule has 1 aromatic carbocycles. The Morgan fingerprint density at radius 3 is 2.62 bits per heavy atom. The second-order valence-corrected chi connectivity index (χ2v) is 6.89. The summed E-state index contributed by atoms with van der Waals surface area (Å²) in [6.07, 6.45) is 0. The van der Waals surface area contributed by atoms with E-state index < -0.39 is 8.45 Å². The zero-order valence-electron chi connectivity index (χ0n) is 9.03. The Kier molecular flexibility index (Phi) is 4.37. The van der Waals surface area contributed by atoms with Gasteiger partial charge in [-0.3, -0.25) is 0 Å². The molecule has 0 amide bonds. The van der Waals surface area contributed by atoms with E-state index >= 15 is 0 Å². The second-order valence-electron chi connectivity index (χ2n) is 3.56. The normalized spacial score (nSPS) is 21.1. The van der Waals surface area contributed by atoms with E-state index in [1.165, 1.54) is 5.56 Å². The first-order chi connectivity index (χ1) is 7.75. The lowest BCUT2D eigenvalue weighted by Crippen LogP contribution is -1.96. The molecule has 84 valence electrons. The molecule has 2 rings (SSSR count). The van der Waals surface area contributed by atoms with Crippen molar-refractivity contribution in [2.45, 2.75) is 19.8 Å². The Hall–Kier alpha value is -0.390. The molecule has 1 aliphatic heterocycles. The Bertz CT molecular complexity index is 405. The highest BCUT2D eigenvalue weighted by Crippen LogP contribution is 2.44. The summed E-state index contributed by atoms with van der Waals surface area (Å²) in [7, 11) is 0.693. The zero-order chi connectivity index (χ0) is 11.4. The number of nitrogens with one attached hydrogen (secondary N) is 1. The van der Waals surface area contributed by atoms with Crippen LogP contribution in [0.4, 0.5) is 0 Å². The van der Waals surface area contributed by atoms with Gasteiger partial charge in [-0.1, -0.05) is 26.0 Å². The van der Waals surface area contributed by atoms with Crippen molar-refractivity contribution in [3.63, 3.8) is 0 Å². The van der Waals surface area contributed by atoms with E-state index in [-0.39, 0.29) is 0 Å². The molecule has 1 aliphatic rings. The van der Waals surface area contributed by atoms with Gasteiger partial charge in [-0.05, 0) is 23.6 Å². The summed E-state index contributed by atoms with van der Waals surface area (Å²) in [5, 5.41) is 0. The van der Waals surface area contributed by atoms with Crippen LogP contribution in [0.25, 0.3) is 0 Å². The molecule has 0 saturated carbocycles. The monoisotopic (exact) mass is 271 g/mol. The van der Waals surface area contributed by atoms with Gasteiger partial charge in [0.1, 0.15) is 14.3 Å². The first-order valence-corrected chi connectivity index (χ1v) is 7.76. The van der Waals surface area contributed by atoms with Gasteiger partial charge in [0.25, 0.3) is 0 Å². The van der Waals surface area contributed by atoms with Crippen LogP contribution in [0, 0.1) is 0 Å². The lowest BCUT2D eigenvalue weighted by atomic mass is 10.0. The Morgan fingerprint density at radius 1 is 1.31 bits per heavy atom. The van der Waals surface area contributed by atoms with Gasteiger partial charge >= 0.3 is 8.45 Å². The van der Waals surface area contributed by atoms with Crippen molar-refractivity contribution in [2.75, 3.05) is 0 Å². The van der Waals surface area contributed by atoms with Crippen molar-refractivity contribution >= 4 is 25.5 Å². The van der Waals surface area contributed by atoms with Crippen LogP contribution in [0.3, 0.4) is 0 Å². The maximum absolute atomic E-state index is 5.70. The van der Waals surface area contributed by atoms with Gasteiger partial charge in [-0.25, -0.2) is 0 Å². The van der Waals surface area contributed by atoms with E-state index in [1.807, 2.05) is 12.1 Å². The third-order valence-electron chi connectivity index (χ3n) is 2.07. The fourth-order valence-corrected chi connectivity index (χ4v) is 4.10. The first kappa shape index (κ1) is 12.1. The first-order valence-electron chi connectivity index (χ1n) is 4.90. The highest BCUT2D eigenvalue weighted by molar-refractivity contribution is 7.64. The van der Waals surface area contributed by atoms with E-state index in [4.69, 9.17) is 4.52 Å². The summed E-state index contributed by atoms with van der Waals surface area (Å²) in [6.45, 7) is 4.36. The summed E-state index contributed by atoms with van der Waals surface area (Å²) in [4.78, 5) is 3.08. The minimum Gasteiger partial charge on any atom is -0.439 e. The van der Waals surface area contributed by atoms with E-state index in [1.54, 1.807) is 0 Å². The number of rotatable bonds is 3. The Balaban J connectivity index is 1.99. The summed E-state index contributed by atoms with van der Waals surface area (Å²) >= 11 is 0. The maximum atomic E-state index is 5.70. The lowest BCUT2D eigenvalue weighted by Gasteiger charge is -2.13. The summed E-state index contributed by atoms with van der Waals surface area (Å²) in [5.41, 5.74) is 1.32.